The van der Waals surface area contributed by atoms with Crippen LogP contribution in [0.4, 0.5) is 0 Å². The van der Waals surface area contributed by atoms with Crippen LogP contribution < -0.4 is 5.73 Å². The van der Waals surface area contributed by atoms with Crippen molar-refractivity contribution in [3.05, 3.63) is 41.0 Å². The Labute approximate surface area is 110 Å². The molecule has 1 atom stereocenters. The quantitative estimate of drug-likeness (QED) is 0.523. The Morgan fingerprint density at radius 2 is 2.06 bits per heavy atom. The van der Waals surface area contributed by atoms with E-state index >= 15 is 0 Å². The van der Waals surface area contributed by atoms with Crippen LogP contribution in [0.25, 0.3) is 10.4 Å². The molecule has 0 amide bonds. The second kappa shape index (κ2) is 4.88. The molecule has 0 aliphatic carbocycles. The van der Waals surface area contributed by atoms with Gasteiger partial charge in [0.05, 0.1) is 16.1 Å². The average Bonchev–Trinajstić information content (AvgIpc) is 2.76. The number of thiazole rings is 1. The lowest BCUT2D eigenvalue weighted by Gasteiger charge is -2.22. The van der Waals surface area contributed by atoms with Crippen molar-refractivity contribution in [2.24, 2.45) is 10.9 Å². The molecule has 18 heavy (non-hydrogen) atoms. The summed E-state index contributed by atoms with van der Waals surface area (Å²) in [5, 5.41) is 3.39. The third-order valence-corrected chi connectivity index (χ3v) is 3.70. The van der Waals surface area contributed by atoms with E-state index in [-0.39, 0.29) is 0 Å². The molecule has 0 spiro atoms. The highest BCUT2D eigenvalue weighted by Crippen LogP contribution is 2.29. The molecule has 0 aliphatic heterocycles. The summed E-state index contributed by atoms with van der Waals surface area (Å²) >= 11 is 1.62. The van der Waals surface area contributed by atoms with E-state index in [1.54, 1.807) is 18.3 Å². The minimum absolute atomic E-state index is 0.848. The van der Waals surface area contributed by atoms with Gasteiger partial charge in [-0.25, -0.2) is 4.98 Å². The first-order valence-electron chi connectivity index (χ1n) is 5.48. The summed E-state index contributed by atoms with van der Waals surface area (Å²) in [7, 11) is 0. The standard InChI is InChI=1S/C13H15N3OS/c1-9-12(18-8-16-9)10-4-6-11(7-5-10)13(2,14)17-15-3/h4-8H,3,14H2,1-2H3. The zero-order chi connectivity index (χ0) is 13.2. The molecule has 0 bridgehead atoms. The van der Waals surface area contributed by atoms with Crippen molar-refractivity contribution in [3.8, 4) is 10.4 Å². The van der Waals surface area contributed by atoms with Gasteiger partial charge in [-0.2, -0.15) is 0 Å². The molecular weight excluding hydrogens is 246 g/mol. The van der Waals surface area contributed by atoms with Crippen LogP contribution in [-0.4, -0.2) is 11.7 Å². The van der Waals surface area contributed by atoms with Gasteiger partial charge in [0.2, 0.25) is 5.72 Å². The van der Waals surface area contributed by atoms with Gasteiger partial charge in [0, 0.05) is 12.3 Å². The Kier molecular flexibility index (Phi) is 3.45. The van der Waals surface area contributed by atoms with E-state index < -0.39 is 5.72 Å². The summed E-state index contributed by atoms with van der Waals surface area (Å²) in [5.41, 5.74) is 9.88. The Morgan fingerprint density at radius 3 is 2.56 bits per heavy atom. The number of nitrogens with two attached hydrogens (primary N) is 1. The fourth-order valence-electron chi connectivity index (χ4n) is 1.72. The molecule has 0 saturated heterocycles. The summed E-state index contributed by atoms with van der Waals surface area (Å²) in [6, 6.07) is 7.88. The first kappa shape index (κ1) is 12.7. The highest BCUT2D eigenvalue weighted by atomic mass is 32.1. The van der Waals surface area contributed by atoms with Gasteiger partial charge >= 0.3 is 0 Å². The van der Waals surface area contributed by atoms with Gasteiger partial charge in [-0.3, -0.25) is 5.73 Å². The first-order chi connectivity index (χ1) is 8.54. The van der Waals surface area contributed by atoms with Crippen LogP contribution in [0.1, 0.15) is 18.2 Å². The number of hydrogen-bond donors (Lipinski definition) is 1. The molecule has 5 heteroatoms. The third-order valence-electron chi connectivity index (χ3n) is 2.72. The predicted octanol–water partition coefficient (Wildman–Crippen LogP) is 2.88. The Balaban J connectivity index is 2.31. The lowest BCUT2D eigenvalue weighted by Crippen LogP contribution is -2.34. The average molecular weight is 261 g/mol. The van der Waals surface area contributed by atoms with Crippen molar-refractivity contribution in [1.29, 1.82) is 0 Å². The molecular formula is C13H15N3OS. The van der Waals surface area contributed by atoms with E-state index in [0.29, 0.717) is 0 Å². The molecule has 1 aromatic carbocycles. The molecule has 0 saturated carbocycles. The monoisotopic (exact) mass is 261 g/mol. The number of aryl methyl sites for hydroxylation is 1. The number of nitrogens with zero attached hydrogens (tertiary/aromatic N) is 2. The second-order valence-electron chi connectivity index (χ2n) is 4.17. The van der Waals surface area contributed by atoms with Gasteiger partial charge in [-0.1, -0.05) is 24.3 Å². The molecule has 0 fully saturated rings. The molecule has 1 unspecified atom stereocenters. The van der Waals surface area contributed by atoms with Gasteiger partial charge in [0.15, 0.2) is 0 Å². The van der Waals surface area contributed by atoms with Gasteiger partial charge < -0.3 is 4.84 Å². The summed E-state index contributed by atoms with van der Waals surface area (Å²) in [6.07, 6.45) is 0. The van der Waals surface area contributed by atoms with E-state index in [4.69, 9.17) is 10.6 Å². The second-order valence-corrected chi connectivity index (χ2v) is 5.03. The molecule has 0 radical (unpaired) electrons. The highest BCUT2D eigenvalue weighted by Gasteiger charge is 2.23. The van der Waals surface area contributed by atoms with Gasteiger partial charge in [-0.05, 0) is 19.4 Å². The van der Waals surface area contributed by atoms with Crippen molar-refractivity contribution in [2.45, 2.75) is 19.6 Å². The summed E-state index contributed by atoms with van der Waals surface area (Å²) in [6.45, 7) is 7.02. The number of aromatic nitrogens is 1. The van der Waals surface area contributed by atoms with Gasteiger partial charge in [0.25, 0.3) is 0 Å². The topological polar surface area (TPSA) is 60.5 Å². The van der Waals surface area contributed by atoms with Crippen LogP contribution in [0.5, 0.6) is 0 Å². The Morgan fingerprint density at radius 1 is 1.39 bits per heavy atom. The fourth-order valence-corrected chi connectivity index (χ4v) is 2.53. The molecule has 1 heterocycles. The Hall–Kier alpha value is -1.72. The van der Waals surface area contributed by atoms with Crippen molar-refractivity contribution in [1.82, 2.24) is 4.98 Å². The van der Waals surface area contributed by atoms with Crippen molar-refractivity contribution >= 4 is 18.1 Å². The lowest BCUT2D eigenvalue weighted by atomic mass is 10.0. The van der Waals surface area contributed by atoms with E-state index in [2.05, 4.69) is 16.9 Å². The number of hydrogen-bond acceptors (Lipinski definition) is 5. The molecule has 2 aromatic rings. The maximum absolute atomic E-state index is 5.98. The van der Waals surface area contributed by atoms with Crippen LogP contribution >= 0.6 is 11.3 Å². The normalized spacial score (nSPS) is 13.9. The zero-order valence-corrected chi connectivity index (χ0v) is 11.2. The maximum atomic E-state index is 5.98. The lowest BCUT2D eigenvalue weighted by molar-refractivity contribution is -0.0272. The van der Waals surface area contributed by atoms with Gasteiger partial charge in [-0.15, -0.1) is 16.5 Å². The SMILES string of the molecule is C=NOC(C)(N)c1ccc(-c2scnc2C)cc1. The molecule has 4 nitrogen and oxygen atoms in total. The van der Waals surface area contributed by atoms with Crippen molar-refractivity contribution < 1.29 is 4.84 Å². The summed E-state index contributed by atoms with van der Waals surface area (Å²) in [5.74, 6) is 0. The molecule has 1 aromatic heterocycles. The van der Waals surface area contributed by atoms with Crippen LogP contribution in [0.15, 0.2) is 34.9 Å². The summed E-state index contributed by atoms with van der Waals surface area (Å²) in [4.78, 5) is 10.5. The molecule has 2 N–H and O–H groups in total. The smallest absolute Gasteiger partial charge is 0.209 e. The van der Waals surface area contributed by atoms with Gasteiger partial charge in [0.1, 0.15) is 0 Å². The largest absolute Gasteiger partial charge is 0.370 e. The molecule has 2 rings (SSSR count). The van der Waals surface area contributed by atoms with Crippen LogP contribution in [0.2, 0.25) is 0 Å². The number of rotatable bonds is 4. The zero-order valence-electron chi connectivity index (χ0n) is 10.4. The van der Waals surface area contributed by atoms with Crippen molar-refractivity contribution in [2.75, 3.05) is 0 Å². The van der Waals surface area contributed by atoms with Crippen LogP contribution in [-0.2, 0) is 10.6 Å². The maximum Gasteiger partial charge on any atom is 0.209 e. The predicted molar refractivity (Wildman–Crippen MR) is 74.5 cm³/mol. The minimum Gasteiger partial charge on any atom is -0.370 e. The first-order valence-corrected chi connectivity index (χ1v) is 6.36. The highest BCUT2D eigenvalue weighted by molar-refractivity contribution is 7.13. The molecule has 94 valence electrons. The van der Waals surface area contributed by atoms with E-state index in [1.807, 2.05) is 36.7 Å². The Bertz CT molecular complexity index is 546. The van der Waals surface area contributed by atoms with E-state index in [1.165, 1.54) is 4.88 Å². The van der Waals surface area contributed by atoms with Crippen molar-refractivity contribution in [3.63, 3.8) is 0 Å². The van der Waals surface area contributed by atoms with E-state index in [9.17, 15) is 0 Å². The third kappa shape index (κ3) is 2.42. The fraction of sp³-hybridized carbons (Fsp3) is 0.231. The number of benzene rings is 1. The van der Waals surface area contributed by atoms with E-state index in [0.717, 1.165) is 16.8 Å². The number of oxime groups is 1. The minimum atomic E-state index is -0.955. The molecule has 0 aliphatic rings. The summed E-state index contributed by atoms with van der Waals surface area (Å²) < 4.78 is 0. The van der Waals surface area contributed by atoms with Crippen LogP contribution in [0.3, 0.4) is 0 Å². The van der Waals surface area contributed by atoms with Crippen LogP contribution in [0, 0.1) is 6.92 Å².